The quantitative estimate of drug-likeness (QED) is 0.629. The molecule has 4 unspecified atom stereocenters. The summed E-state index contributed by atoms with van der Waals surface area (Å²) >= 11 is 0. The molecule has 2 saturated carbocycles. The molecule has 2 aliphatic heterocycles. The van der Waals surface area contributed by atoms with E-state index >= 15 is 0 Å². The van der Waals surface area contributed by atoms with E-state index in [2.05, 4.69) is 49.7 Å². The van der Waals surface area contributed by atoms with Crippen LogP contribution in [-0.2, 0) is 16.1 Å². The van der Waals surface area contributed by atoms with E-state index in [4.69, 9.17) is 0 Å². The summed E-state index contributed by atoms with van der Waals surface area (Å²) in [6, 6.07) is 6.19. The molecule has 196 valence electrons. The first-order valence-corrected chi connectivity index (χ1v) is 13.9. The zero-order valence-corrected chi connectivity index (χ0v) is 22.0. The maximum atomic E-state index is 13.8. The standard InChI is InChI=1S/C28H41N5O3/c1-4-14-31-26(35)23-13-12-20(25(34)29-22-8-6-5-7-9-22)16-24(23)33-27(31)30-32(28(33)36)17-21-15-18(2)10-11-19(21)3/h10-11,15,20,22-24,27,30H,4-9,12-14,16-17H2,1-3H3,(H,29,34). The second-order valence-corrected chi connectivity index (χ2v) is 11.3. The van der Waals surface area contributed by atoms with E-state index in [1.165, 1.54) is 19.3 Å². The third kappa shape index (κ3) is 4.72. The van der Waals surface area contributed by atoms with E-state index in [-0.39, 0.29) is 41.8 Å². The average Bonchev–Trinajstić information content (AvgIpc) is 3.20. The third-order valence-electron chi connectivity index (χ3n) is 8.68. The number of rotatable bonds is 6. The number of nitrogens with one attached hydrogen (secondary N) is 2. The molecule has 2 aliphatic carbocycles. The van der Waals surface area contributed by atoms with Gasteiger partial charge in [-0.1, -0.05) is 49.9 Å². The lowest BCUT2D eigenvalue weighted by Crippen LogP contribution is -2.67. The number of hydrazine groups is 1. The molecule has 1 aromatic rings. The SMILES string of the molecule is CCCN1C(=O)C2CCC(C(=O)NC3CCCCC3)CC2N2C(=O)N(Cc3cc(C)ccc3C)NC12. The normalized spacial score (nSPS) is 28.8. The average molecular weight is 496 g/mol. The van der Waals surface area contributed by atoms with Gasteiger partial charge in [-0.25, -0.2) is 4.79 Å². The summed E-state index contributed by atoms with van der Waals surface area (Å²) in [6.07, 6.45) is 7.96. The Hall–Kier alpha value is -2.61. The fourth-order valence-electron chi connectivity index (χ4n) is 6.65. The van der Waals surface area contributed by atoms with Crippen molar-refractivity contribution in [2.45, 2.75) is 103 Å². The summed E-state index contributed by atoms with van der Waals surface area (Å²) in [7, 11) is 0. The van der Waals surface area contributed by atoms with Crippen LogP contribution < -0.4 is 10.7 Å². The van der Waals surface area contributed by atoms with Crippen molar-refractivity contribution in [3.05, 3.63) is 34.9 Å². The number of benzene rings is 1. The Bertz CT molecular complexity index is 1010. The minimum atomic E-state index is -0.489. The molecule has 0 radical (unpaired) electrons. The lowest BCUT2D eigenvalue weighted by atomic mass is 9.75. The van der Waals surface area contributed by atoms with Crippen LogP contribution >= 0.6 is 0 Å². The van der Waals surface area contributed by atoms with Crippen LogP contribution in [0.25, 0.3) is 0 Å². The van der Waals surface area contributed by atoms with Gasteiger partial charge in [-0.05, 0) is 63.5 Å². The van der Waals surface area contributed by atoms with Crippen molar-refractivity contribution in [3.8, 4) is 0 Å². The fraction of sp³-hybridized carbons (Fsp3) is 0.679. The van der Waals surface area contributed by atoms with Crippen LogP contribution in [0.1, 0.15) is 81.4 Å². The molecule has 4 amide bonds. The van der Waals surface area contributed by atoms with Crippen molar-refractivity contribution in [1.82, 2.24) is 25.6 Å². The van der Waals surface area contributed by atoms with Gasteiger partial charge >= 0.3 is 6.03 Å². The van der Waals surface area contributed by atoms with Crippen molar-refractivity contribution in [2.24, 2.45) is 11.8 Å². The molecule has 4 fully saturated rings. The second kappa shape index (κ2) is 10.4. The number of fused-ring (bicyclic) bond motifs is 3. The van der Waals surface area contributed by atoms with E-state index in [0.29, 0.717) is 32.4 Å². The summed E-state index contributed by atoms with van der Waals surface area (Å²) in [5.74, 6) is -0.173. The van der Waals surface area contributed by atoms with E-state index in [9.17, 15) is 14.4 Å². The fourth-order valence-corrected chi connectivity index (χ4v) is 6.65. The highest BCUT2D eigenvalue weighted by Gasteiger charge is 2.55. The molecule has 2 heterocycles. The number of carbonyl (C=O) groups is 3. The third-order valence-corrected chi connectivity index (χ3v) is 8.68. The molecular weight excluding hydrogens is 454 g/mol. The summed E-state index contributed by atoms with van der Waals surface area (Å²) in [4.78, 5) is 44.3. The van der Waals surface area contributed by atoms with Crippen molar-refractivity contribution in [1.29, 1.82) is 0 Å². The van der Waals surface area contributed by atoms with Gasteiger partial charge in [0.1, 0.15) is 0 Å². The van der Waals surface area contributed by atoms with Gasteiger partial charge in [0.15, 0.2) is 6.29 Å². The highest BCUT2D eigenvalue weighted by atomic mass is 16.2. The van der Waals surface area contributed by atoms with E-state index in [1.807, 2.05) is 9.80 Å². The van der Waals surface area contributed by atoms with Gasteiger partial charge in [0.05, 0.1) is 12.5 Å². The molecule has 0 aromatic heterocycles. The van der Waals surface area contributed by atoms with Gasteiger partial charge in [-0.2, -0.15) is 5.43 Å². The minimum Gasteiger partial charge on any atom is -0.353 e. The Labute approximate surface area is 214 Å². The first-order valence-electron chi connectivity index (χ1n) is 13.9. The molecule has 4 atom stereocenters. The van der Waals surface area contributed by atoms with Gasteiger partial charge < -0.3 is 10.2 Å². The van der Waals surface area contributed by atoms with Gasteiger partial charge in [0.25, 0.3) is 0 Å². The molecule has 0 bridgehead atoms. The van der Waals surface area contributed by atoms with Crippen molar-refractivity contribution < 1.29 is 14.4 Å². The highest BCUT2D eigenvalue weighted by molar-refractivity contribution is 5.87. The Balaban J connectivity index is 1.36. The van der Waals surface area contributed by atoms with Crippen molar-refractivity contribution in [3.63, 3.8) is 0 Å². The topological polar surface area (TPSA) is 85.0 Å². The smallest absolute Gasteiger partial charge is 0.337 e. The molecule has 0 spiro atoms. The lowest BCUT2D eigenvalue weighted by molar-refractivity contribution is -0.158. The summed E-state index contributed by atoms with van der Waals surface area (Å²) in [6.45, 7) is 7.21. The van der Waals surface area contributed by atoms with Crippen LogP contribution in [0, 0.1) is 25.7 Å². The summed E-state index contributed by atoms with van der Waals surface area (Å²) in [5, 5.41) is 4.95. The molecular formula is C28H41N5O3. The molecule has 1 aromatic carbocycles. The number of amides is 4. The van der Waals surface area contributed by atoms with Crippen LogP contribution in [-0.4, -0.2) is 57.6 Å². The first kappa shape index (κ1) is 25.1. The number of hydrogen-bond acceptors (Lipinski definition) is 4. The maximum absolute atomic E-state index is 13.8. The number of urea groups is 1. The second-order valence-electron chi connectivity index (χ2n) is 11.3. The number of nitrogens with zero attached hydrogens (tertiary/aromatic N) is 3. The number of carbonyl (C=O) groups excluding carboxylic acids is 3. The molecule has 8 nitrogen and oxygen atoms in total. The monoisotopic (exact) mass is 495 g/mol. The zero-order chi connectivity index (χ0) is 25.4. The van der Waals surface area contributed by atoms with Crippen LogP contribution in [0.2, 0.25) is 0 Å². The van der Waals surface area contributed by atoms with E-state index < -0.39 is 6.29 Å². The van der Waals surface area contributed by atoms with Gasteiger partial charge in [0.2, 0.25) is 11.8 Å². The van der Waals surface area contributed by atoms with Gasteiger partial charge in [0, 0.05) is 24.5 Å². The minimum absolute atomic E-state index is 0.0992. The highest BCUT2D eigenvalue weighted by Crippen LogP contribution is 2.41. The van der Waals surface area contributed by atoms with E-state index in [0.717, 1.165) is 36.0 Å². The Kier molecular flexibility index (Phi) is 7.24. The number of aryl methyl sites for hydroxylation is 2. The molecule has 36 heavy (non-hydrogen) atoms. The Morgan fingerprint density at radius 2 is 1.86 bits per heavy atom. The predicted molar refractivity (Wildman–Crippen MR) is 137 cm³/mol. The summed E-state index contributed by atoms with van der Waals surface area (Å²) < 4.78 is 0. The molecule has 2 saturated heterocycles. The Morgan fingerprint density at radius 3 is 2.61 bits per heavy atom. The van der Waals surface area contributed by atoms with Crippen molar-refractivity contribution >= 4 is 17.8 Å². The van der Waals surface area contributed by atoms with Crippen molar-refractivity contribution in [2.75, 3.05) is 6.54 Å². The van der Waals surface area contributed by atoms with Crippen LogP contribution in [0.5, 0.6) is 0 Å². The zero-order valence-electron chi connectivity index (χ0n) is 22.0. The van der Waals surface area contributed by atoms with Crippen LogP contribution in [0.3, 0.4) is 0 Å². The first-order chi connectivity index (χ1) is 17.4. The van der Waals surface area contributed by atoms with Crippen LogP contribution in [0.4, 0.5) is 4.79 Å². The summed E-state index contributed by atoms with van der Waals surface area (Å²) in [5.41, 5.74) is 6.74. The molecule has 2 N–H and O–H groups in total. The number of hydrogen-bond donors (Lipinski definition) is 2. The van der Waals surface area contributed by atoms with Gasteiger partial charge in [-0.3, -0.25) is 19.5 Å². The van der Waals surface area contributed by atoms with Crippen LogP contribution in [0.15, 0.2) is 18.2 Å². The Morgan fingerprint density at radius 1 is 1.08 bits per heavy atom. The van der Waals surface area contributed by atoms with Gasteiger partial charge in [-0.15, -0.1) is 0 Å². The molecule has 8 heteroatoms. The largest absolute Gasteiger partial charge is 0.353 e. The predicted octanol–water partition coefficient (Wildman–Crippen LogP) is 3.82. The van der Waals surface area contributed by atoms with E-state index in [1.54, 1.807) is 5.01 Å². The lowest BCUT2D eigenvalue weighted by Gasteiger charge is -2.49. The maximum Gasteiger partial charge on any atom is 0.337 e. The molecule has 4 aliphatic rings. The molecule has 5 rings (SSSR count).